The fourth-order valence-corrected chi connectivity index (χ4v) is 2.85. The number of ether oxygens (including phenoxy) is 1. The van der Waals surface area contributed by atoms with Gasteiger partial charge in [-0.1, -0.05) is 22.4 Å². The van der Waals surface area contributed by atoms with Crippen molar-refractivity contribution in [2.45, 2.75) is 32.2 Å². The van der Waals surface area contributed by atoms with Crippen molar-refractivity contribution in [3.63, 3.8) is 0 Å². The molecular formula is C15H23BrN2O. The number of likely N-dealkylation sites (tertiary alicyclic amines) is 1. The number of nitrogens with two attached hydrogens (primary N) is 1. The summed E-state index contributed by atoms with van der Waals surface area (Å²) in [5.74, 6) is 0.912. The molecule has 2 rings (SSSR count). The molecule has 1 aliphatic heterocycles. The molecule has 1 atom stereocenters. The maximum atomic E-state index is 5.99. The van der Waals surface area contributed by atoms with Crippen molar-refractivity contribution in [3.8, 4) is 5.75 Å². The molecule has 4 heteroatoms. The average Bonchev–Trinajstić information content (AvgIpc) is 2.41. The predicted molar refractivity (Wildman–Crippen MR) is 82.5 cm³/mol. The standard InChI is InChI=1S/C15H23BrN2O/c1-12(17)14-11-13(16)5-6-15(14)19-10-9-18-7-3-2-4-8-18/h5-6,11-12H,2-4,7-10,17H2,1H3/t12-/m1/s1. The van der Waals surface area contributed by atoms with E-state index in [4.69, 9.17) is 10.5 Å². The van der Waals surface area contributed by atoms with Gasteiger partial charge in [0.1, 0.15) is 12.4 Å². The lowest BCUT2D eigenvalue weighted by Crippen LogP contribution is -2.33. The van der Waals surface area contributed by atoms with E-state index in [1.807, 2.05) is 25.1 Å². The Balaban J connectivity index is 1.88. The predicted octanol–water partition coefficient (Wildman–Crippen LogP) is 3.33. The molecule has 3 nitrogen and oxygen atoms in total. The Morgan fingerprint density at radius 3 is 2.74 bits per heavy atom. The quantitative estimate of drug-likeness (QED) is 0.901. The first-order valence-electron chi connectivity index (χ1n) is 7.07. The van der Waals surface area contributed by atoms with Gasteiger partial charge in [-0.2, -0.15) is 0 Å². The Kier molecular flexibility index (Phi) is 5.67. The van der Waals surface area contributed by atoms with Gasteiger partial charge in [-0.3, -0.25) is 4.90 Å². The third-order valence-corrected chi connectivity index (χ3v) is 4.07. The van der Waals surface area contributed by atoms with Gasteiger partial charge in [0.05, 0.1) is 0 Å². The smallest absolute Gasteiger partial charge is 0.124 e. The van der Waals surface area contributed by atoms with Crippen LogP contribution in [-0.2, 0) is 0 Å². The zero-order valence-corrected chi connectivity index (χ0v) is 13.2. The topological polar surface area (TPSA) is 38.5 Å². The van der Waals surface area contributed by atoms with Crippen LogP contribution in [0.25, 0.3) is 0 Å². The second-order valence-corrected chi connectivity index (χ2v) is 6.14. The van der Waals surface area contributed by atoms with Gasteiger partial charge in [-0.25, -0.2) is 0 Å². The molecule has 0 radical (unpaired) electrons. The van der Waals surface area contributed by atoms with Crippen molar-refractivity contribution in [2.24, 2.45) is 5.73 Å². The SMILES string of the molecule is C[C@@H](N)c1cc(Br)ccc1OCCN1CCCCC1. The van der Waals surface area contributed by atoms with E-state index >= 15 is 0 Å². The van der Waals surface area contributed by atoms with Crippen LogP contribution < -0.4 is 10.5 Å². The van der Waals surface area contributed by atoms with E-state index in [2.05, 4.69) is 20.8 Å². The number of hydrogen-bond acceptors (Lipinski definition) is 3. The van der Waals surface area contributed by atoms with Crippen molar-refractivity contribution in [3.05, 3.63) is 28.2 Å². The van der Waals surface area contributed by atoms with Crippen LogP contribution in [0.1, 0.15) is 37.8 Å². The Bertz CT molecular complexity index is 403. The summed E-state index contributed by atoms with van der Waals surface area (Å²) >= 11 is 3.48. The van der Waals surface area contributed by atoms with Gasteiger partial charge in [0.2, 0.25) is 0 Å². The van der Waals surface area contributed by atoms with Crippen molar-refractivity contribution in [1.29, 1.82) is 0 Å². The summed E-state index contributed by atoms with van der Waals surface area (Å²) in [5.41, 5.74) is 7.05. The minimum atomic E-state index is -0.0116. The van der Waals surface area contributed by atoms with E-state index < -0.39 is 0 Å². The van der Waals surface area contributed by atoms with Crippen molar-refractivity contribution in [1.82, 2.24) is 4.90 Å². The molecule has 0 aliphatic carbocycles. The van der Waals surface area contributed by atoms with E-state index in [0.717, 1.165) is 28.9 Å². The molecule has 1 heterocycles. The second-order valence-electron chi connectivity index (χ2n) is 5.22. The molecule has 1 aromatic carbocycles. The Morgan fingerprint density at radius 1 is 1.32 bits per heavy atom. The number of hydrogen-bond donors (Lipinski definition) is 1. The van der Waals surface area contributed by atoms with Gasteiger partial charge in [-0.05, 0) is 51.1 Å². The zero-order chi connectivity index (χ0) is 13.7. The summed E-state index contributed by atoms with van der Waals surface area (Å²) in [4.78, 5) is 2.48. The summed E-state index contributed by atoms with van der Waals surface area (Å²) in [5, 5.41) is 0. The number of piperidine rings is 1. The summed E-state index contributed by atoms with van der Waals surface area (Å²) in [6.45, 7) is 6.16. The molecule has 0 unspecified atom stereocenters. The highest BCUT2D eigenvalue weighted by Crippen LogP contribution is 2.27. The minimum absolute atomic E-state index is 0.0116. The summed E-state index contributed by atoms with van der Waals surface area (Å²) in [6, 6.07) is 6.03. The van der Waals surface area contributed by atoms with E-state index in [1.54, 1.807) is 0 Å². The van der Waals surface area contributed by atoms with Gasteiger partial charge in [0.15, 0.2) is 0 Å². The molecule has 1 saturated heterocycles. The van der Waals surface area contributed by atoms with Gasteiger partial charge in [0.25, 0.3) is 0 Å². The van der Waals surface area contributed by atoms with E-state index in [9.17, 15) is 0 Å². The van der Waals surface area contributed by atoms with Crippen LogP contribution in [0.5, 0.6) is 5.75 Å². The number of rotatable bonds is 5. The fourth-order valence-electron chi connectivity index (χ4n) is 2.47. The highest BCUT2D eigenvalue weighted by Gasteiger charge is 2.12. The summed E-state index contributed by atoms with van der Waals surface area (Å²) in [6.07, 6.45) is 4.02. The molecule has 0 spiro atoms. The Morgan fingerprint density at radius 2 is 2.05 bits per heavy atom. The van der Waals surface area contributed by atoms with Crippen molar-refractivity contribution < 1.29 is 4.74 Å². The van der Waals surface area contributed by atoms with Crippen LogP contribution in [0.15, 0.2) is 22.7 Å². The van der Waals surface area contributed by atoms with Crippen LogP contribution in [0.4, 0.5) is 0 Å². The third-order valence-electron chi connectivity index (χ3n) is 3.58. The maximum absolute atomic E-state index is 5.99. The van der Waals surface area contributed by atoms with Crippen molar-refractivity contribution in [2.75, 3.05) is 26.2 Å². The first kappa shape index (κ1) is 14.8. The molecule has 1 fully saturated rings. The molecule has 0 saturated carbocycles. The molecule has 0 aromatic heterocycles. The van der Waals surface area contributed by atoms with Gasteiger partial charge in [-0.15, -0.1) is 0 Å². The molecule has 106 valence electrons. The van der Waals surface area contributed by atoms with E-state index in [1.165, 1.54) is 32.4 Å². The number of benzene rings is 1. The molecule has 1 aliphatic rings. The number of halogens is 1. The van der Waals surface area contributed by atoms with Crippen LogP contribution in [-0.4, -0.2) is 31.1 Å². The second kappa shape index (κ2) is 7.27. The van der Waals surface area contributed by atoms with Gasteiger partial charge in [0, 0.05) is 22.6 Å². The lowest BCUT2D eigenvalue weighted by molar-refractivity contribution is 0.182. The van der Waals surface area contributed by atoms with Crippen LogP contribution in [0.3, 0.4) is 0 Å². The van der Waals surface area contributed by atoms with Gasteiger partial charge < -0.3 is 10.5 Å². The normalized spacial score (nSPS) is 18.3. The summed E-state index contributed by atoms with van der Waals surface area (Å²) in [7, 11) is 0. The highest BCUT2D eigenvalue weighted by atomic mass is 79.9. The highest BCUT2D eigenvalue weighted by molar-refractivity contribution is 9.10. The lowest BCUT2D eigenvalue weighted by atomic mass is 10.1. The Hall–Kier alpha value is -0.580. The molecule has 0 bridgehead atoms. The monoisotopic (exact) mass is 326 g/mol. The van der Waals surface area contributed by atoms with Crippen molar-refractivity contribution >= 4 is 15.9 Å². The van der Waals surface area contributed by atoms with E-state index in [-0.39, 0.29) is 6.04 Å². The molecule has 19 heavy (non-hydrogen) atoms. The average molecular weight is 327 g/mol. The lowest BCUT2D eigenvalue weighted by Gasteiger charge is -2.26. The third kappa shape index (κ3) is 4.48. The fraction of sp³-hybridized carbons (Fsp3) is 0.600. The molecule has 1 aromatic rings. The zero-order valence-electron chi connectivity index (χ0n) is 11.6. The van der Waals surface area contributed by atoms with E-state index in [0.29, 0.717) is 0 Å². The first-order valence-corrected chi connectivity index (χ1v) is 7.86. The molecule has 2 N–H and O–H groups in total. The summed E-state index contributed by atoms with van der Waals surface area (Å²) < 4.78 is 6.96. The Labute approximate surface area is 124 Å². The largest absolute Gasteiger partial charge is 0.492 e. The number of nitrogens with zero attached hydrogens (tertiary/aromatic N) is 1. The maximum Gasteiger partial charge on any atom is 0.124 e. The first-order chi connectivity index (χ1) is 9.16. The van der Waals surface area contributed by atoms with Crippen LogP contribution >= 0.6 is 15.9 Å². The molecule has 0 amide bonds. The van der Waals surface area contributed by atoms with Gasteiger partial charge >= 0.3 is 0 Å². The minimum Gasteiger partial charge on any atom is -0.492 e. The molecular weight excluding hydrogens is 304 g/mol. The van der Waals surface area contributed by atoms with Crippen LogP contribution in [0, 0.1) is 0 Å². The van der Waals surface area contributed by atoms with Crippen LogP contribution in [0.2, 0.25) is 0 Å².